The normalized spacial score (nSPS) is 19.1. The number of morpholine rings is 1. The molecule has 164 valence electrons. The van der Waals surface area contributed by atoms with Gasteiger partial charge in [-0.1, -0.05) is 0 Å². The smallest absolute Gasteiger partial charge is 0.248 e. The van der Waals surface area contributed by atoms with Crippen LogP contribution in [0.25, 0.3) is 11.1 Å². The molecule has 0 saturated carbocycles. The molecule has 2 aromatic heterocycles. The summed E-state index contributed by atoms with van der Waals surface area (Å²) in [4.78, 5) is 40.6. The molecule has 4 rings (SSSR count). The zero-order valence-electron chi connectivity index (χ0n) is 17.7. The topological polar surface area (TPSA) is 97.8 Å². The van der Waals surface area contributed by atoms with E-state index < -0.39 is 0 Å². The lowest BCUT2D eigenvalue weighted by atomic mass is 10.1. The first kappa shape index (κ1) is 21.3. The van der Waals surface area contributed by atoms with Gasteiger partial charge in [0.1, 0.15) is 19.0 Å². The first-order chi connectivity index (χ1) is 15.1. The fourth-order valence-corrected chi connectivity index (χ4v) is 3.89. The Kier molecular flexibility index (Phi) is 6.83. The standard InChI is InChI=1S/C22H27N5O4/c1-16-9-17(18-11-23-15-24-12-18)10-19(25-16)20-13-27(6-8-31-20)22(29)14-30-7-5-26-4-2-3-21(26)28/h9-12,15,20H,2-8,13-14H2,1H3/t20-/m1/s1. The summed E-state index contributed by atoms with van der Waals surface area (Å²) < 4.78 is 11.5. The molecule has 4 heterocycles. The number of aromatic nitrogens is 3. The molecule has 2 aromatic rings. The first-order valence-electron chi connectivity index (χ1n) is 10.6. The fourth-order valence-electron chi connectivity index (χ4n) is 3.89. The molecular formula is C22H27N5O4. The van der Waals surface area contributed by atoms with Crippen molar-refractivity contribution in [1.29, 1.82) is 0 Å². The van der Waals surface area contributed by atoms with Gasteiger partial charge in [0.15, 0.2) is 0 Å². The van der Waals surface area contributed by atoms with Crippen LogP contribution < -0.4 is 0 Å². The highest BCUT2D eigenvalue weighted by Gasteiger charge is 2.27. The number of pyridine rings is 1. The Hall–Kier alpha value is -2.91. The van der Waals surface area contributed by atoms with Crippen LogP contribution in [0.1, 0.15) is 30.3 Å². The highest BCUT2D eigenvalue weighted by molar-refractivity contribution is 5.78. The third-order valence-corrected chi connectivity index (χ3v) is 5.52. The Bertz CT molecular complexity index is 923. The Labute approximate surface area is 181 Å². The van der Waals surface area contributed by atoms with Gasteiger partial charge < -0.3 is 19.3 Å². The van der Waals surface area contributed by atoms with Gasteiger partial charge in [-0.2, -0.15) is 0 Å². The molecule has 1 atom stereocenters. The number of rotatable bonds is 7. The molecule has 0 bridgehead atoms. The van der Waals surface area contributed by atoms with E-state index >= 15 is 0 Å². The maximum absolute atomic E-state index is 12.6. The second-order valence-corrected chi connectivity index (χ2v) is 7.79. The molecule has 2 amide bonds. The average molecular weight is 425 g/mol. The van der Waals surface area contributed by atoms with E-state index in [0.29, 0.717) is 39.3 Å². The number of amides is 2. The predicted octanol–water partition coefficient (Wildman–Crippen LogP) is 1.39. The second kappa shape index (κ2) is 9.93. The molecule has 31 heavy (non-hydrogen) atoms. The van der Waals surface area contributed by atoms with E-state index in [1.54, 1.807) is 22.2 Å². The van der Waals surface area contributed by atoms with Gasteiger partial charge in [0.25, 0.3) is 0 Å². The average Bonchev–Trinajstić information content (AvgIpc) is 3.21. The molecule has 2 aliphatic heterocycles. The number of likely N-dealkylation sites (tertiary alicyclic amines) is 1. The Balaban J connectivity index is 1.33. The maximum Gasteiger partial charge on any atom is 0.248 e. The summed E-state index contributed by atoms with van der Waals surface area (Å²) in [5.74, 6) is 0.0865. The molecule has 2 saturated heterocycles. The maximum atomic E-state index is 12.6. The van der Waals surface area contributed by atoms with E-state index in [0.717, 1.165) is 35.5 Å². The number of hydrogen-bond donors (Lipinski definition) is 0. The van der Waals surface area contributed by atoms with Gasteiger partial charge in [0, 0.05) is 49.7 Å². The molecule has 9 nitrogen and oxygen atoms in total. The van der Waals surface area contributed by atoms with Crippen molar-refractivity contribution >= 4 is 11.8 Å². The van der Waals surface area contributed by atoms with Crippen LogP contribution in [0.2, 0.25) is 0 Å². The summed E-state index contributed by atoms with van der Waals surface area (Å²) in [5.41, 5.74) is 3.52. The van der Waals surface area contributed by atoms with Crippen LogP contribution in [0, 0.1) is 6.92 Å². The van der Waals surface area contributed by atoms with E-state index in [9.17, 15) is 9.59 Å². The van der Waals surface area contributed by atoms with Gasteiger partial charge in [-0.05, 0) is 31.0 Å². The van der Waals surface area contributed by atoms with Gasteiger partial charge in [-0.15, -0.1) is 0 Å². The fraction of sp³-hybridized carbons (Fsp3) is 0.500. The van der Waals surface area contributed by atoms with Crippen molar-refractivity contribution in [2.75, 3.05) is 46.0 Å². The van der Waals surface area contributed by atoms with Crippen molar-refractivity contribution in [3.8, 4) is 11.1 Å². The Morgan fingerprint density at radius 2 is 2.06 bits per heavy atom. The summed E-state index contributed by atoms with van der Waals surface area (Å²) in [5, 5.41) is 0. The lowest BCUT2D eigenvalue weighted by molar-refractivity contribution is -0.144. The second-order valence-electron chi connectivity index (χ2n) is 7.79. The van der Waals surface area contributed by atoms with Gasteiger partial charge in [0.2, 0.25) is 11.8 Å². The van der Waals surface area contributed by atoms with Crippen molar-refractivity contribution in [2.45, 2.75) is 25.9 Å². The lowest BCUT2D eigenvalue weighted by Crippen LogP contribution is -2.44. The largest absolute Gasteiger partial charge is 0.370 e. The molecule has 0 N–H and O–H groups in total. The van der Waals surface area contributed by atoms with Crippen LogP contribution in [0.15, 0.2) is 30.9 Å². The minimum absolute atomic E-state index is 0.00258. The van der Waals surface area contributed by atoms with Crippen molar-refractivity contribution in [1.82, 2.24) is 24.8 Å². The molecule has 0 unspecified atom stereocenters. The van der Waals surface area contributed by atoms with Crippen LogP contribution in [0.3, 0.4) is 0 Å². The highest BCUT2D eigenvalue weighted by atomic mass is 16.5. The monoisotopic (exact) mass is 425 g/mol. The minimum atomic E-state index is -0.303. The van der Waals surface area contributed by atoms with Gasteiger partial charge in [0.05, 0.1) is 25.5 Å². The number of carbonyl (C=O) groups is 2. The van der Waals surface area contributed by atoms with Crippen LogP contribution in [0.4, 0.5) is 0 Å². The number of nitrogens with zero attached hydrogens (tertiary/aromatic N) is 5. The van der Waals surface area contributed by atoms with Crippen molar-refractivity contribution < 1.29 is 19.1 Å². The van der Waals surface area contributed by atoms with Gasteiger partial charge >= 0.3 is 0 Å². The lowest BCUT2D eigenvalue weighted by Gasteiger charge is -2.33. The molecule has 2 aliphatic rings. The number of aryl methyl sites for hydroxylation is 1. The van der Waals surface area contributed by atoms with Crippen molar-refractivity contribution in [3.63, 3.8) is 0 Å². The quantitative estimate of drug-likeness (QED) is 0.618. The third kappa shape index (κ3) is 5.42. The molecule has 2 fully saturated rings. The zero-order valence-corrected chi connectivity index (χ0v) is 17.7. The van der Waals surface area contributed by atoms with Crippen molar-refractivity contribution in [3.05, 3.63) is 42.2 Å². The SMILES string of the molecule is Cc1cc(-c2cncnc2)cc([C@H]2CN(C(=O)COCCN3CCCC3=O)CCO2)n1. The van der Waals surface area contributed by atoms with Crippen LogP contribution in [0.5, 0.6) is 0 Å². The highest BCUT2D eigenvalue weighted by Crippen LogP contribution is 2.26. The summed E-state index contributed by atoms with van der Waals surface area (Å²) in [6, 6.07) is 3.95. The summed E-state index contributed by atoms with van der Waals surface area (Å²) in [6.45, 7) is 5.01. The molecule has 0 aromatic carbocycles. The molecular weight excluding hydrogens is 398 g/mol. The number of ether oxygens (including phenoxy) is 2. The first-order valence-corrected chi connectivity index (χ1v) is 10.6. The Morgan fingerprint density at radius 1 is 1.23 bits per heavy atom. The van der Waals surface area contributed by atoms with Crippen LogP contribution in [-0.2, 0) is 19.1 Å². The summed E-state index contributed by atoms with van der Waals surface area (Å²) >= 11 is 0. The molecule has 0 aliphatic carbocycles. The molecule has 0 spiro atoms. The molecule has 0 radical (unpaired) electrons. The van der Waals surface area contributed by atoms with Gasteiger partial charge in [-0.25, -0.2) is 9.97 Å². The summed E-state index contributed by atoms with van der Waals surface area (Å²) in [6.07, 6.45) is 6.23. The number of carbonyl (C=O) groups excluding carboxylic acids is 2. The van der Waals surface area contributed by atoms with E-state index in [-0.39, 0.29) is 24.5 Å². The van der Waals surface area contributed by atoms with Crippen LogP contribution in [-0.4, -0.2) is 82.6 Å². The number of hydrogen-bond acceptors (Lipinski definition) is 7. The van der Waals surface area contributed by atoms with Crippen LogP contribution >= 0.6 is 0 Å². The zero-order chi connectivity index (χ0) is 21.6. The van der Waals surface area contributed by atoms with E-state index in [1.807, 2.05) is 19.1 Å². The van der Waals surface area contributed by atoms with E-state index in [1.165, 1.54) is 6.33 Å². The summed E-state index contributed by atoms with van der Waals surface area (Å²) in [7, 11) is 0. The van der Waals surface area contributed by atoms with Crippen molar-refractivity contribution in [2.24, 2.45) is 0 Å². The third-order valence-electron chi connectivity index (χ3n) is 5.52. The minimum Gasteiger partial charge on any atom is -0.370 e. The Morgan fingerprint density at radius 3 is 2.84 bits per heavy atom. The van der Waals surface area contributed by atoms with E-state index in [2.05, 4.69) is 15.0 Å². The van der Waals surface area contributed by atoms with Gasteiger partial charge in [-0.3, -0.25) is 14.6 Å². The molecule has 9 heteroatoms. The van der Waals surface area contributed by atoms with E-state index in [4.69, 9.17) is 9.47 Å². The predicted molar refractivity (Wildman–Crippen MR) is 112 cm³/mol.